The van der Waals surface area contributed by atoms with Gasteiger partial charge in [0, 0.05) is 85.1 Å². The van der Waals surface area contributed by atoms with E-state index in [0.717, 1.165) is 52.1 Å². The molecule has 0 aromatic heterocycles. The van der Waals surface area contributed by atoms with E-state index < -0.39 is 11.9 Å². The van der Waals surface area contributed by atoms with Crippen LogP contribution in [0.5, 0.6) is 0 Å². The minimum Gasteiger partial charge on any atom is -0.480 e. The van der Waals surface area contributed by atoms with Gasteiger partial charge < -0.3 is 20.0 Å². The number of hydrogen-bond acceptors (Lipinski definition) is 8. The van der Waals surface area contributed by atoms with Crippen molar-refractivity contribution in [1.82, 2.24) is 29.4 Å². The van der Waals surface area contributed by atoms with E-state index in [4.69, 9.17) is 0 Å². The third-order valence-corrected chi connectivity index (χ3v) is 8.51. The third kappa shape index (κ3) is 11.6. The topological polar surface area (TPSA) is 111 Å². The fourth-order valence-electron chi connectivity index (χ4n) is 5.80. The quantitative estimate of drug-likeness (QED) is 0.386. The average Bonchev–Trinajstić information content (AvgIpc) is 2.96. The van der Waals surface area contributed by atoms with E-state index in [1.54, 1.807) is 0 Å². The molecule has 0 radical (unpaired) electrons. The molecule has 1 aromatic carbocycles. The maximum Gasteiger partial charge on any atom is 0.317 e. The van der Waals surface area contributed by atoms with Crippen LogP contribution in [0.2, 0.25) is 0 Å². The monoisotopic (exact) mass is 588 g/mol. The highest BCUT2D eigenvalue weighted by Crippen LogP contribution is 2.15. The number of carbonyl (C=O) groups is 3. The van der Waals surface area contributed by atoms with Gasteiger partial charge in [-0.25, -0.2) is 0 Å². The fraction of sp³-hybridized carbons (Fsp3) is 0.710. The molecule has 236 valence electrons. The van der Waals surface area contributed by atoms with Crippen LogP contribution in [-0.2, 0) is 33.8 Å². The molecule has 2 saturated heterocycles. The molecule has 0 spiro atoms. The highest BCUT2D eigenvalue weighted by molar-refractivity contribution is 5.78. The van der Waals surface area contributed by atoms with Gasteiger partial charge in [0.05, 0.1) is 19.6 Å². The molecule has 0 bridgehead atoms. The lowest BCUT2D eigenvalue weighted by Gasteiger charge is -2.37. The normalized spacial score (nSPS) is 19.7. The third-order valence-electron chi connectivity index (χ3n) is 8.51. The van der Waals surface area contributed by atoms with Crippen molar-refractivity contribution in [2.45, 2.75) is 40.2 Å². The van der Waals surface area contributed by atoms with Crippen molar-refractivity contribution in [2.24, 2.45) is 0 Å². The van der Waals surface area contributed by atoms with E-state index >= 15 is 0 Å². The van der Waals surface area contributed by atoms with E-state index in [1.807, 2.05) is 14.7 Å². The average molecular weight is 589 g/mol. The summed E-state index contributed by atoms with van der Waals surface area (Å²) in [6.07, 6.45) is 2.07. The van der Waals surface area contributed by atoms with Gasteiger partial charge in [0.1, 0.15) is 0 Å². The Bertz CT molecular complexity index is 993. The first-order chi connectivity index (χ1) is 20.2. The summed E-state index contributed by atoms with van der Waals surface area (Å²) < 4.78 is 0. The minimum absolute atomic E-state index is 0.0583. The summed E-state index contributed by atoms with van der Waals surface area (Å²) in [4.78, 5) is 48.9. The summed E-state index contributed by atoms with van der Waals surface area (Å²) in [7, 11) is 0. The predicted octanol–water partition coefficient (Wildman–Crippen LogP) is 0.866. The zero-order valence-electron chi connectivity index (χ0n) is 26.0. The maximum absolute atomic E-state index is 13.4. The smallest absolute Gasteiger partial charge is 0.317 e. The fourth-order valence-corrected chi connectivity index (χ4v) is 5.80. The summed E-state index contributed by atoms with van der Waals surface area (Å²) in [6, 6.07) is 6.92. The van der Waals surface area contributed by atoms with Crippen LogP contribution in [0.15, 0.2) is 18.2 Å². The van der Waals surface area contributed by atoms with Crippen LogP contribution in [0.4, 0.5) is 0 Å². The van der Waals surface area contributed by atoms with E-state index in [2.05, 4.69) is 53.7 Å². The number of carboxylic acids is 2. The Balaban J connectivity index is 1.57. The van der Waals surface area contributed by atoms with E-state index in [-0.39, 0.29) is 19.0 Å². The summed E-state index contributed by atoms with van der Waals surface area (Å²) >= 11 is 0. The largest absolute Gasteiger partial charge is 0.480 e. The van der Waals surface area contributed by atoms with Crippen LogP contribution in [0.3, 0.4) is 0 Å². The number of likely N-dealkylation sites (N-methyl/N-ethyl adjacent to an activating group) is 1. The number of benzene rings is 1. The standard InChI is InChI=1S/C31H52N6O5/c1-4-26-19-27(5-2)21-28(20-26)22-33-15-17-37(18-16-33)29(38)23-34-9-7-32(6-3)8-10-35(24-30(39)40)13-14-36(12-11-34)25-31(41)42/h19-21H,4-18,22-25H2,1-3H3,(H,39,40)(H,41,42). The first kappa shape index (κ1) is 33.9. The Kier molecular flexibility index (Phi) is 14.2. The summed E-state index contributed by atoms with van der Waals surface area (Å²) in [5.41, 5.74) is 4.11. The number of amides is 1. The molecule has 0 unspecified atom stereocenters. The van der Waals surface area contributed by atoms with Gasteiger partial charge in [-0.2, -0.15) is 0 Å². The first-order valence-corrected chi connectivity index (χ1v) is 15.6. The van der Waals surface area contributed by atoms with Crippen LogP contribution in [0.1, 0.15) is 37.5 Å². The molecule has 0 saturated carbocycles. The van der Waals surface area contributed by atoms with Crippen molar-refractivity contribution < 1.29 is 24.6 Å². The van der Waals surface area contributed by atoms with E-state index in [0.29, 0.717) is 58.9 Å². The molecule has 11 nitrogen and oxygen atoms in total. The molecule has 2 N–H and O–H groups in total. The molecule has 2 aliphatic heterocycles. The van der Waals surface area contributed by atoms with Gasteiger partial charge in [-0.15, -0.1) is 0 Å². The molecule has 2 fully saturated rings. The van der Waals surface area contributed by atoms with Crippen molar-refractivity contribution in [3.05, 3.63) is 34.9 Å². The lowest BCUT2D eigenvalue weighted by molar-refractivity contribution is -0.140. The molecule has 0 aliphatic carbocycles. The first-order valence-electron chi connectivity index (χ1n) is 15.6. The van der Waals surface area contributed by atoms with Crippen molar-refractivity contribution in [1.29, 1.82) is 0 Å². The summed E-state index contributed by atoms with van der Waals surface area (Å²) in [5.74, 6) is -1.66. The predicted molar refractivity (Wildman–Crippen MR) is 164 cm³/mol. The number of aliphatic carboxylic acids is 2. The number of piperazine rings is 1. The van der Waals surface area contributed by atoms with Gasteiger partial charge in [0.15, 0.2) is 0 Å². The number of carboxylic acid groups (broad SMARTS) is 2. The van der Waals surface area contributed by atoms with Crippen molar-refractivity contribution >= 4 is 17.8 Å². The van der Waals surface area contributed by atoms with Gasteiger partial charge in [0.25, 0.3) is 0 Å². The summed E-state index contributed by atoms with van der Waals surface area (Å²) in [6.45, 7) is 16.4. The van der Waals surface area contributed by atoms with Crippen LogP contribution in [-0.4, -0.2) is 162 Å². The van der Waals surface area contributed by atoms with Crippen molar-refractivity contribution in [2.75, 3.05) is 105 Å². The highest BCUT2D eigenvalue weighted by atomic mass is 16.4. The molecule has 11 heteroatoms. The Morgan fingerprint density at radius 2 is 0.929 bits per heavy atom. The number of rotatable bonds is 11. The van der Waals surface area contributed by atoms with Crippen molar-refractivity contribution in [3.8, 4) is 0 Å². The minimum atomic E-state index is -0.906. The van der Waals surface area contributed by atoms with Crippen LogP contribution >= 0.6 is 0 Å². The second-order valence-corrected chi connectivity index (χ2v) is 11.6. The molecule has 3 rings (SSSR count). The van der Waals surface area contributed by atoms with Crippen LogP contribution < -0.4 is 0 Å². The lowest BCUT2D eigenvalue weighted by Crippen LogP contribution is -2.52. The van der Waals surface area contributed by atoms with Gasteiger partial charge in [-0.3, -0.25) is 34.0 Å². The molecule has 2 heterocycles. The second kappa shape index (κ2) is 17.5. The molecule has 1 aromatic rings. The molecule has 42 heavy (non-hydrogen) atoms. The Labute approximate surface area is 251 Å². The Hall–Kier alpha value is -2.57. The van der Waals surface area contributed by atoms with Crippen molar-refractivity contribution in [3.63, 3.8) is 0 Å². The summed E-state index contributed by atoms with van der Waals surface area (Å²) in [5, 5.41) is 18.8. The van der Waals surface area contributed by atoms with Crippen LogP contribution in [0.25, 0.3) is 0 Å². The Morgan fingerprint density at radius 3 is 1.33 bits per heavy atom. The second-order valence-electron chi connectivity index (χ2n) is 11.6. The molecular formula is C31H52N6O5. The number of carbonyl (C=O) groups excluding carboxylic acids is 1. The van der Waals surface area contributed by atoms with Crippen LogP contribution in [0, 0.1) is 0 Å². The highest BCUT2D eigenvalue weighted by Gasteiger charge is 2.24. The molecule has 1 amide bonds. The number of aryl methyl sites for hydroxylation is 2. The SMILES string of the molecule is CCc1cc(CC)cc(CN2CCN(C(=O)CN3CCN(CC)CCN(CC(=O)O)CCN(CC(=O)O)CC3)CC2)c1. The van der Waals surface area contributed by atoms with Gasteiger partial charge in [-0.1, -0.05) is 39.0 Å². The van der Waals surface area contributed by atoms with E-state index in [1.165, 1.54) is 16.7 Å². The zero-order valence-corrected chi connectivity index (χ0v) is 26.0. The maximum atomic E-state index is 13.4. The van der Waals surface area contributed by atoms with Gasteiger partial charge in [-0.05, 0) is 36.1 Å². The molecule has 2 aliphatic rings. The Morgan fingerprint density at radius 1 is 0.548 bits per heavy atom. The molecular weight excluding hydrogens is 536 g/mol. The number of nitrogens with zero attached hydrogens (tertiary/aromatic N) is 6. The molecule has 0 atom stereocenters. The van der Waals surface area contributed by atoms with Gasteiger partial charge >= 0.3 is 11.9 Å². The van der Waals surface area contributed by atoms with Gasteiger partial charge in [0.2, 0.25) is 5.91 Å². The van der Waals surface area contributed by atoms with E-state index in [9.17, 15) is 24.6 Å². The number of hydrogen-bond donors (Lipinski definition) is 2. The lowest BCUT2D eigenvalue weighted by atomic mass is 10.0. The zero-order chi connectivity index (χ0) is 30.5.